The van der Waals surface area contributed by atoms with Crippen molar-refractivity contribution >= 4 is 35.1 Å². The van der Waals surface area contributed by atoms with Crippen LogP contribution in [0, 0.1) is 0 Å². The third-order valence-corrected chi connectivity index (χ3v) is 4.38. The van der Waals surface area contributed by atoms with Crippen molar-refractivity contribution in [3.63, 3.8) is 0 Å². The second-order valence-corrected chi connectivity index (χ2v) is 6.65. The second-order valence-electron chi connectivity index (χ2n) is 6.24. The molecule has 0 bridgehead atoms. The summed E-state index contributed by atoms with van der Waals surface area (Å²) in [5.74, 6) is -0.780. The second kappa shape index (κ2) is 10.4. The molecule has 148 valence electrons. The number of benzene rings is 2. The first-order chi connectivity index (χ1) is 13.4. The van der Waals surface area contributed by atoms with Gasteiger partial charge in [-0.15, -0.1) is 0 Å². The van der Waals surface area contributed by atoms with Gasteiger partial charge < -0.3 is 15.5 Å². The number of nitrogens with one attached hydrogen (secondary N) is 4. The number of imide groups is 1. The van der Waals surface area contributed by atoms with E-state index in [-0.39, 0.29) is 12.5 Å². The molecule has 0 aliphatic rings. The van der Waals surface area contributed by atoms with E-state index in [4.69, 9.17) is 11.6 Å². The van der Waals surface area contributed by atoms with Gasteiger partial charge in [0.1, 0.15) is 0 Å². The quantitative estimate of drug-likeness (QED) is 0.563. The standard InChI is InChI=1S/C20H23ClN4O3/c1-3-22-20(28)24-19(27)18(14-9-5-4-6-10-14)25(2)13-17(26)23-16-12-8-7-11-15(16)21/h4-12,18H,3,13H2,1-2H3,(H,23,26)(H2,22,24,27,28)/p+1/t18-/m0/s1. The van der Waals surface area contributed by atoms with Crippen molar-refractivity contribution in [3.05, 3.63) is 65.2 Å². The lowest BCUT2D eigenvalue weighted by Crippen LogP contribution is -3.11. The number of amides is 4. The highest BCUT2D eigenvalue weighted by Gasteiger charge is 2.31. The average molecular weight is 404 g/mol. The molecule has 8 heteroatoms. The van der Waals surface area contributed by atoms with Crippen LogP contribution in [-0.4, -0.2) is 38.0 Å². The maximum Gasteiger partial charge on any atom is 0.321 e. The highest BCUT2D eigenvalue weighted by Crippen LogP contribution is 2.20. The van der Waals surface area contributed by atoms with Crippen LogP contribution in [0.3, 0.4) is 0 Å². The minimum atomic E-state index is -0.735. The van der Waals surface area contributed by atoms with Gasteiger partial charge in [-0.3, -0.25) is 14.9 Å². The molecule has 7 nitrogen and oxygen atoms in total. The summed E-state index contributed by atoms with van der Waals surface area (Å²) in [6, 6.07) is 14.6. The van der Waals surface area contributed by atoms with Gasteiger partial charge in [-0.1, -0.05) is 54.1 Å². The Balaban J connectivity index is 2.13. The molecule has 0 aromatic heterocycles. The Hall–Kier alpha value is -2.90. The highest BCUT2D eigenvalue weighted by atomic mass is 35.5. The number of hydrogen-bond acceptors (Lipinski definition) is 3. The Bertz CT molecular complexity index is 829. The first-order valence-electron chi connectivity index (χ1n) is 8.92. The molecule has 2 rings (SSSR count). The number of carbonyl (C=O) groups excluding carboxylic acids is 3. The monoisotopic (exact) mass is 403 g/mol. The normalized spacial score (nSPS) is 12.5. The number of likely N-dealkylation sites (N-methyl/N-ethyl adjacent to an activating group) is 1. The fourth-order valence-electron chi connectivity index (χ4n) is 2.81. The molecule has 0 radical (unpaired) electrons. The Morgan fingerprint density at radius 2 is 1.68 bits per heavy atom. The smallest absolute Gasteiger partial charge is 0.321 e. The van der Waals surface area contributed by atoms with Crippen LogP contribution in [0.2, 0.25) is 5.02 Å². The third kappa shape index (κ3) is 6.07. The van der Waals surface area contributed by atoms with E-state index in [1.807, 2.05) is 6.07 Å². The molecule has 2 aromatic rings. The minimum absolute atomic E-state index is 0.00754. The van der Waals surface area contributed by atoms with Crippen molar-refractivity contribution in [2.24, 2.45) is 0 Å². The Labute approximate surface area is 169 Å². The maximum atomic E-state index is 12.7. The fraction of sp³-hybridized carbons (Fsp3) is 0.250. The minimum Gasteiger partial charge on any atom is -0.338 e. The third-order valence-electron chi connectivity index (χ3n) is 4.05. The molecule has 28 heavy (non-hydrogen) atoms. The number of para-hydroxylation sites is 1. The van der Waals surface area contributed by atoms with Crippen molar-refractivity contribution in [3.8, 4) is 0 Å². The van der Waals surface area contributed by atoms with Crippen LogP contribution in [0.5, 0.6) is 0 Å². The summed E-state index contributed by atoms with van der Waals surface area (Å²) in [6.45, 7) is 2.17. The highest BCUT2D eigenvalue weighted by molar-refractivity contribution is 6.33. The summed E-state index contributed by atoms with van der Waals surface area (Å²) in [6.07, 6.45) is 0. The van der Waals surface area contributed by atoms with E-state index in [9.17, 15) is 14.4 Å². The topological polar surface area (TPSA) is 91.7 Å². The van der Waals surface area contributed by atoms with Crippen LogP contribution < -0.4 is 20.9 Å². The van der Waals surface area contributed by atoms with Gasteiger partial charge in [0.2, 0.25) is 0 Å². The van der Waals surface area contributed by atoms with Crippen molar-refractivity contribution < 1.29 is 19.3 Å². The zero-order chi connectivity index (χ0) is 20.5. The van der Waals surface area contributed by atoms with Gasteiger partial charge in [0.05, 0.1) is 17.8 Å². The molecular weight excluding hydrogens is 380 g/mol. The molecule has 0 aliphatic carbocycles. The number of carbonyl (C=O) groups is 3. The lowest BCUT2D eigenvalue weighted by molar-refractivity contribution is -0.894. The first-order valence-corrected chi connectivity index (χ1v) is 9.30. The number of halogens is 1. The fourth-order valence-corrected chi connectivity index (χ4v) is 2.99. The van der Waals surface area contributed by atoms with Gasteiger partial charge >= 0.3 is 6.03 Å². The SMILES string of the molecule is CCNC(=O)NC(=O)[C@H](c1ccccc1)[NH+](C)CC(=O)Nc1ccccc1Cl. The van der Waals surface area contributed by atoms with Crippen molar-refractivity contribution in [2.45, 2.75) is 13.0 Å². The molecule has 0 spiro atoms. The lowest BCUT2D eigenvalue weighted by Gasteiger charge is -2.24. The van der Waals surface area contributed by atoms with Gasteiger partial charge in [-0.05, 0) is 19.1 Å². The van der Waals surface area contributed by atoms with E-state index in [0.29, 0.717) is 27.7 Å². The lowest BCUT2D eigenvalue weighted by atomic mass is 10.0. The van der Waals surface area contributed by atoms with Crippen LogP contribution >= 0.6 is 11.6 Å². The van der Waals surface area contributed by atoms with Crippen LogP contribution in [0.25, 0.3) is 0 Å². The Morgan fingerprint density at radius 3 is 2.32 bits per heavy atom. The number of hydrogen-bond donors (Lipinski definition) is 4. The van der Waals surface area contributed by atoms with Crippen LogP contribution in [0.4, 0.5) is 10.5 Å². The average Bonchev–Trinajstić information content (AvgIpc) is 2.64. The molecule has 2 aromatic carbocycles. The van der Waals surface area contributed by atoms with Crippen LogP contribution in [0.15, 0.2) is 54.6 Å². The molecule has 4 amide bonds. The summed E-state index contributed by atoms with van der Waals surface area (Å²) in [7, 11) is 1.72. The predicted molar refractivity (Wildman–Crippen MR) is 108 cm³/mol. The number of quaternary nitrogens is 1. The van der Waals surface area contributed by atoms with E-state index in [2.05, 4.69) is 16.0 Å². The molecule has 0 saturated heterocycles. The molecule has 0 saturated carbocycles. The van der Waals surface area contributed by atoms with E-state index in [1.54, 1.807) is 62.5 Å². The molecule has 1 unspecified atom stereocenters. The van der Waals surface area contributed by atoms with Gasteiger partial charge in [-0.2, -0.15) is 0 Å². The van der Waals surface area contributed by atoms with E-state index < -0.39 is 18.0 Å². The zero-order valence-corrected chi connectivity index (χ0v) is 16.5. The predicted octanol–water partition coefficient (Wildman–Crippen LogP) is 1.38. The van der Waals surface area contributed by atoms with E-state index in [0.717, 1.165) is 0 Å². The van der Waals surface area contributed by atoms with Gasteiger partial charge in [-0.25, -0.2) is 4.79 Å². The Kier molecular flexibility index (Phi) is 7.98. The van der Waals surface area contributed by atoms with E-state index >= 15 is 0 Å². The van der Waals surface area contributed by atoms with Crippen molar-refractivity contribution in [1.29, 1.82) is 0 Å². The van der Waals surface area contributed by atoms with E-state index in [1.165, 1.54) is 0 Å². The summed E-state index contributed by atoms with van der Waals surface area (Å²) in [5, 5.41) is 8.03. The molecule has 0 heterocycles. The van der Waals surface area contributed by atoms with Crippen LogP contribution in [-0.2, 0) is 9.59 Å². The van der Waals surface area contributed by atoms with Gasteiger partial charge in [0.25, 0.3) is 11.8 Å². The summed E-state index contributed by atoms with van der Waals surface area (Å²) >= 11 is 6.07. The zero-order valence-electron chi connectivity index (χ0n) is 15.8. The van der Waals surface area contributed by atoms with Gasteiger partial charge in [0.15, 0.2) is 12.6 Å². The molecule has 4 N–H and O–H groups in total. The number of rotatable bonds is 7. The summed E-state index contributed by atoms with van der Waals surface area (Å²) in [5.41, 5.74) is 1.21. The molecule has 2 atom stereocenters. The summed E-state index contributed by atoms with van der Waals surface area (Å²) in [4.78, 5) is 37.6. The largest absolute Gasteiger partial charge is 0.338 e. The summed E-state index contributed by atoms with van der Waals surface area (Å²) < 4.78 is 0. The Morgan fingerprint density at radius 1 is 1.04 bits per heavy atom. The molecule has 0 fully saturated rings. The molecule has 0 aliphatic heterocycles. The first kappa shape index (κ1) is 21.4. The maximum absolute atomic E-state index is 12.7. The van der Waals surface area contributed by atoms with Crippen molar-refractivity contribution in [2.75, 3.05) is 25.5 Å². The van der Waals surface area contributed by atoms with Gasteiger partial charge in [0, 0.05) is 12.1 Å². The number of anilines is 1. The number of urea groups is 1. The van der Waals surface area contributed by atoms with Crippen molar-refractivity contribution in [1.82, 2.24) is 10.6 Å². The van der Waals surface area contributed by atoms with Crippen LogP contribution in [0.1, 0.15) is 18.5 Å². The molecular formula is C20H24ClN4O3+.